The zero-order valence-corrected chi connectivity index (χ0v) is 6.86. The van der Waals surface area contributed by atoms with Crippen molar-refractivity contribution in [1.82, 2.24) is 9.97 Å². The molecule has 6 nitrogen and oxygen atoms in total. The minimum Gasteiger partial charge on any atom is -0.492 e. The highest BCUT2D eigenvalue weighted by Gasteiger charge is 2.24. The molecule has 0 aromatic carbocycles. The number of aromatic nitrogens is 2. The van der Waals surface area contributed by atoms with Gasteiger partial charge in [-0.3, -0.25) is 0 Å². The molecule has 0 unspecified atom stereocenters. The van der Waals surface area contributed by atoms with E-state index in [9.17, 15) is 10.2 Å². The maximum absolute atomic E-state index is 9.30. The van der Waals surface area contributed by atoms with Gasteiger partial charge in [0.25, 0.3) is 0 Å². The fraction of sp³-hybridized carbons (Fsp3) is 0.429. The molecular weight excluding hydrogens is 172 g/mol. The molecule has 0 aliphatic heterocycles. The normalized spacial score (nSPS) is 15.7. The van der Waals surface area contributed by atoms with E-state index in [1.807, 2.05) is 0 Å². The highest BCUT2D eigenvalue weighted by atomic mass is 16.3. The topological polar surface area (TPSA) is 104 Å². The fourth-order valence-corrected chi connectivity index (χ4v) is 1.01. The standard InChI is InChI=1S/C7H10N4O2/c8-7-10-5(12)4(6(13)11-7)9-3-1-2-3/h3,9H,1-2H2,(H4,8,10,11,12,13). The number of rotatable bonds is 2. The molecule has 1 heterocycles. The van der Waals surface area contributed by atoms with Gasteiger partial charge in [0.05, 0.1) is 0 Å². The Bertz CT molecular complexity index is 314. The summed E-state index contributed by atoms with van der Waals surface area (Å²) >= 11 is 0. The predicted molar refractivity (Wildman–Crippen MR) is 46.4 cm³/mol. The number of nitrogens with zero attached hydrogens (tertiary/aromatic N) is 2. The summed E-state index contributed by atoms with van der Waals surface area (Å²) < 4.78 is 0. The Kier molecular flexibility index (Phi) is 1.61. The van der Waals surface area contributed by atoms with E-state index in [-0.39, 0.29) is 23.4 Å². The summed E-state index contributed by atoms with van der Waals surface area (Å²) in [7, 11) is 0. The molecule has 1 aromatic rings. The lowest BCUT2D eigenvalue weighted by Gasteiger charge is -2.07. The van der Waals surface area contributed by atoms with Crippen molar-refractivity contribution in [1.29, 1.82) is 0 Å². The lowest BCUT2D eigenvalue weighted by molar-refractivity contribution is 0.427. The van der Waals surface area contributed by atoms with Crippen LogP contribution in [0.4, 0.5) is 11.6 Å². The van der Waals surface area contributed by atoms with Crippen molar-refractivity contribution in [2.45, 2.75) is 18.9 Å². The Hall–Kier alpha value is -1.72. The van der Waals surface area contributed by atoms with Gasteiger partial charge in [-0.1, -0.05) is 0 Å². The number of nitrogen functional groups attached to an aromatic ring is 1. The molecule has 1 aromatic heterocycles. The Balaban J connectivity index is 2.31. The van der Waals surface area contributed by atoms with Crippen LogP contribution in [0.15, 0.2) is 0 Å². The summed E-state index contributed by atoms with van der Waals surface area (Å²) in [6.45, 7) is 0. The van der Waals surface area contributed by atoms with Gasteiger partial charge in [0.1, 0.15) is 0 Å². The van der Waals surface area contributed by atoms with E-state index in [0.29, 0.717) is 6.04 Å². The molecule has 0 saturated heterocycles. The predicted octanol–water partition coefficient (Wildman–Crippen LogP) is 0.0443. The smallest absolute Gasteiger partial charge is 0.243 e. The van der Waals surface area contributed by atoms with Crippen LogP contribution in [0, 0.1) is 0 Å². The quantitative estimate of drug-likeness (QED) is 0.515. The summed E-state index contributed by atoms with van der Waals surface area (Å²) in [6, 6.07) is 0.309. The Morgan fingerprint density at radius 1 is 1.23 bits per heavy atom. The number of nitrogens with two attached hydrogens (primary N) is 1. The van der Waals surface area contributed by atoms with Crippen LogP contribution >= 0.6 is 0 Å². The molecule has 1 fully saturated rings. The van der Waals surface area contributed by atoms with Crippen LogP contribution < -0.4 is 11.1 Å². The first-order chi connectivity index (χ1) is 6.16. The van der Waals surface area contributed by atoms with Crippen molar-refractivity contribution in [3.05, 3.63) is 0 Å². The van der Waals surface area contributed by atoms with Crippen molar-refractivity contribution < 1.29 is 10.2 Å². The van der Waals surface area contributed by atoms with Crippen molar-refractivity contribution >= 4 is 11.6 Å². The van der Waals surface area contributed by atoms with E-state index in [2.05, 4.69) is 15.3 Å². The van der Waals surface area contributed by atoms with Gasteiger partial charge in [0.2, 0.25) is 17.7 Å². The van der Waals surface area contributed by atoms with Crippen molar-refractivity contribution in [2.75, 3.05) is 11.1 Å². The molecule has 13 heavy (non-hydrogen) atoms. The van der Waals surface area contributed by atoms with Gasteiger partial charge in [-0.25, -0.2) is 0 Å². The lowest BCUT2D eigenvalue weighted by Crippen LogP contribution is -2.04. The second-order valence-corrected chi connectivity index (χ2v) is 3.02. The van der Waals surface area contributed by atoms with Gasteiger partial charge in [-0.2, -0.15) is 9.97 Å². The second kappa shape index (κ2) is 2.65. The third kappa shape index (κ3) is 1.56. The summed E-state index contributed by atoms with van der Waals surface area (Å²) in [4.78, 5) is 7.03. The Morgan fingerprint density at radius 3 is 2.23 bits per heavy atom. The van der Waals surface area contributed by atoms with E-state index in [0.717, 1.165) is 12.8 Å². The van der Waals surface area contributed by atoms with Crippen LogP contribution in [0.2, 0.25) is 0 Å². The van der Waals surface area contributed by atoms with Gasteiger partial charge in [0, 0.05) is 6.04 Å². The average Bonchev–Trinajstić information content (AvgIpc) is 2.79. The van der Waals surface area contributed by atoms with Gasteiger partial charge in [0.15, 0.2) is 5.69 Å². The first-order valence-corrected chi connectivity index (χ1v) is 3.99. The maximum Gasteiger partial charge on any atom is 0.243 e. The average molecular weight is 182 g/mol. The molecule has 1 aliphatic carbocycles. The first kappa shape index (κ1) is 7.90. The minimum atomic E-state index is -0.308. The zero-order valence-electron chi connectivity index (χ0n) is 6.86. The van der Waals surface area contributed by atoms with E-state index >= 15 is 0 Å². The van der Waals surface area contributed by atoms with Crippen molar-refractivity contribution in [3.8, 4) is 11.8 Å². The molecular formula is C7H10N4O2. The van der Waals surface area contributed by atoms with Gasteiger partial charge >= 0.3 is 0 Å². The SMILES string of the molecule is Nc1nc(O)c(NC2CC2)c(O)n1. The van der Waals surface area contributed by atoms with Gasteiger partial charge in [-0.15, -0.1) is 0 Å². The molecule has 6 heteroatoms. The van der Waals surface area contributed by atoms with E-state index < -0.39 is 0 Å². The van der Waals surface area contributed by atoms with Crippen LogP contribution in [0.1, 0.15) is 12.8 Å². The van der Waals surface area contributed by atoms with Crippen LogP contribution in [-0.4, -0.2) is 26.2 Å². The van der Waals surface area contributed by atoms with E-state index in [1.54, 1.807) is 0 Å². The molecule has 1 saturated carbocycles. The molecule has 70 valence electrons. The number of nitrogens with one attached hydrogen (secondary N) is 1. The number of aromatic hydroxyl groups is 2. The maximum atomic E-state index is 9.30. The van der Waals surface area contributed by atoms with E-state index in [4.69, 9.17) is 5.73 Å². The highest BCUT2D eigenvalue weighted by Crippen LogP contribution is 2.34. The van der Waals surface area contributed by atoms with Crippen LogP contribution in [0.5, 0.6) is 11.8 Å². The molecule has 0 atom stereocenters. The first-order valence-electron chi connectivity index (χ1n) is 3.99. The van der Waals surface area contributed by atoms with E-state index in [1.165, 1.54) is 0 Å². The Morgan fingerprint density at radius 2 is 1.77 bits per heavy atom. The Labute approximate surface area is 74.4 Å². The monoisotopic (exact) mass is 182 g/mol. The fourth-order valence-electron chi connectivity index (χ4n) is 1.01. The van der Waals surface area contributed by atoms with Crippen LogP contribution in [0.25, 0.3) is 0 Å². The molecule has 0 bridgehead atoms. The highest BCUT2D eigenvalue weighted by molar-refractivity contribution is 5.61. The minimum absolute atomic E-state index is 0.142. The third-order valence-electron chi connectivity index (χ3n) is 1.81. The van der Waals surface area contributed by atoms with Gasteiger partial charge < -0.3 is 21.3 Å². The van der Waals surface area contributed by atoms with Crippen LogP contribution in [-0.2, 0) is 0 Å². The van der Waals surface area contributed by atoms with Crippen molar-refractivity contribution in [3.63, 3.8) is 0 Å². The summed E-state index contributed by atoms with van der Waals surface area (Å²) in [5, 5.41) is 21.5. The summed E-state index contributed by atoms with van der Waals surface area (Å²) in [5.74, 6) is -0.759. The lowest BCUT2D eigenvalue weighted by atomic mass is 10.4. The largest absolute Gasteiger partial charge is 0.492 e. The number of hydrogen-bond acceptors (Lipinski definition) is 6. The molecule has 2 rings (SSSR count). The van der Waals surface area contributed by atoms with Gasteiger partial charge in [-0.05, 0) is 12.8 Å². The summed E-state index contributed by atoms with van der Waals surface area (Å²) in [6.07, 6.45) is 2.06. The summed E-state index contributed by atoms with van der Waals surface area (Å²) in [5.41, 5.74) is 5.37. The molecule has 5 N–H and O–H groups in total. The third-order valence-corrected chi connectivity index (χ3v) is 1.81. The van der Waals surface area contributed by atoms with Crippen molar-refractivity contribution in [2.24, 2.45) is 0 Å². The molecule has 0 spiro atoms. The number of anilines is 2. The molecule has 0 amide bonds. The van der Waals surface area contributed by atoms with Crippen LogP contribution in [0.3, 0.4) is 0 Å². The second-order valence-electron chi connectivity index (χ2n) is 3.02. The zero-order chi connectivity index (χ0) is 9.42. The molecule has 1 aliphatic rings. The molecule has 0 radical (unpaired) electrons. The number of hydrogen-bond donors (Lipinski definition) is 4.